The molecule has 0 radical (unpaired) electrons. The number of aromatic nitrogens is 2. The molecule has 0 N–H and O–H groups in total. The maximum Gasteiger partial charge on any atom is 0.461 e. The Hall–Kier alpha value is -3.21. The highest BCUT2D eigenvalue weighted by molar-refractivity contribution is 5.38. The summed E-state index contributed by atoms with van der Waals surface area (Å²) in [5, 5.41) is 0. The van der Waals surface area contributed by atoms with Gasteiger partial charge in [-0.1, -0.05) is 6.07 Å². The summed E-state index contributed by atoms with van der Waals surface area (Å²) in [5.74, 6) is -2.04. The molecule has 0 bridgehead atoms. The van der Waals surface area contributed by atoms with Crippen LogP contribution in [0.3, 0.4) is 0 Å². The van der Waals surface area contributed by atoms with Crippen LogP contribution in [0.25, 0.3) is 5.69 Å². The molecule has 2 aromatic carbocycles. The number of halogens is 6. The third-order valence-electron chi connectivity index (χ3n) is 5.36. The second kappa shape index (κ2) is 7.73. The highest BCUT2D eigenvalue weighted by Gasteiger charge is 2.54. The van der Waals surface area contributed by atoms with Crippen LogP contribution < -0.4 is 10.4 Å². The number of epoxide rings is 1. The molecule has 0 aliphatic carbocycles. The van der Waals surface area contributed by atoms with Gasteiger partial charge in [0, 0.05) is 24.0 Å². The van der Waals surface area contributed by atoms with Gasteiger partial charge in [-0.2, -0.15) is 17.6 Å². The molecular weight excluding hydrogens is 442 g/mol. The molecule has 5 nitrogen and oxygen atoms in total. The van der Waals surface area contributed by atoms with Crippen molar-refractivity contribution in [3.05, 3.63) is 82.5 Å². The fourth-order valence-electron chi connectivity index (χ4n) is 3.51. The molecular formula is C21H16F6N2O3. The minimum absolute atomic E-state index is 0.118. The van der Waals surface area contributed by atoms with Gasteiger partial charge in [-0.15, -0.1) is 0 Å². The first-order chi connectivity index (χ1) is 15.0. The predicted molar refractivity (Wildman–Crippen MR) is 100 cm³/mol. The Morgan fingerprint density at radius 1 is 1.09 bits per heavy atom. The first kappa shape index (κ1) is 22.0. The number of nitrogens with zero attached hydrogens (tertiary/aromatic N) is 2. The van der Waals surface area contributed by atoms with Crippen molar-refractivity contribution in [3.63, 3.8) is 0 Å². The van der Waals surface area contributed by atoms with Crippen LogP contribution in [-0.2, 0) is 10.3 Å². The number of imidazole rings is 1. The largest absolute Gasteiger partial charge is 0.461 e. The maximum atomic E-state index is 14.3. The molecule has 170 valence electrons. The van der Waals surface area contributed by atoms with Gasteiger partial charge in [0.2, 0.25) is 0 Å². The van der Waals surface area contributed by atoms with Crippen LogP contribution in [0.15, 0.2) is 59.7 Å². The van der Waals surface area contributed by atoms with Crippen LogP contribution in [0, 0.1) is 11.6 Å². The summed E-state index contributed by atoms with van der Waals surface area (Å²) >= 11 is 0. The lowest BCUT2D eigenvalue weighted by Crippen LogP contribution is -2.33. The molecule has 1 aromatic heterocycles. The molecule has 1 aliphatic rings. The van der Waals surface area contributed by atoms with E-state index in [1.165, 1.54) is 39.7 Å². The number of benzene rings is 2. The summed E-state index contributed by atoms with van der Waals surface area (Å²) in [5.41, 5.74) is -1.31. The summed E-state index contributed by atoms with van der Waals surface area (Å²) in [6, 6.07) is 6.99. The Morgan fingerprint density at radius 3 is 2.31 bits per heavy atom. The standard InChI is InChI=1S/C21H16F6N2O3/c1-12(20(11-31-20)16-7-2-13(22)10-17(16)23)28-8-9-29(19(28)30)14-3-5-15(6-4-14)32-21(26,27)18(24)25/h2-10,12,18H,11H2,1H3/t12-,20+/m1/s1. The highest BCUT2D eigenvalue weighted by Crippen LogP contribution is 2.48. The van der Waals surface area contributed by atoms with E-state index in [1.54, 1.807) is 6.92 Å². The quantitative estimate of drug-likeness (QED) is 0.383. The van der Waals surface area contributed by atoms with E-state index in [4.69, 9.17) is 4.74 Å². The lowest BCUT2D eigenvalue weighted by atomic mass is 9.92. The lowest BCUT2D eigenvalue weighted by molar-refractivity contribution is -0.253. The van der Waals surface area contributed by atoms with Crippen molar-refractivity contribution in [3.8, 4) is 11.4 Å². The molecule has 32 heavy (non-hydrogen) atoms. The summed E-state index contributed by atoms with van der Waals surface area (Å²) in [7, 11) is 0. The van der Waals surface area contributed by atoms with E-state index in [0.29, 0.717) is 0 Å². The fourth-order valence-corrected chi connectivity index (χ4v) is 3.51. The summed E-state index contributed by atoms with van der Waals surface area (Å²) in [6.45, 7) is 1.77. The second-order valence-corrected chi connectivity index (χ2v) is 7.29. The molecule has 2 heterocycles. The smallest absolute Gasteiger partial charge is 0.428 e. The van der Waals surface area contributed by atoms with Gasteiger partial charge in [0.25, 0.3) is 0 Å². The Labute approximate surface area is 177 Å². The molecule has 2 atom stereocenters. The monoisotopic (exact) mass is 458 g/mol. The van der Waals surface area contributed by atoms with E-state index in [2.05, 4.69) is 4.74 Å². The lowest BCUT2D eigenvalue weighted by Gasteiger charge is -2.22. The van der Waals surface area contributed by atoms with Crippen LogP contribution >= 0.6 is 0 Å². The molecule has 0 spiro atoms. The van der Waals surface area contributed by atoms with Crippen LogP contribution in [0.1, 0.15) is 18.5 Å². The van der Waals surface area contributed by atoms with E-state index in [9.17, 15) is 31.1 Å². The van der Waals surface area contributed by atoms with Gasteiger partial charge in [0.15, 0.2) is 0 Å². The third kappa shape index (κ3) is 3.77. The number of alkyl halides is 4. The second-order valence-electron chi connectivity index (χ2n) is 7.29. The first-order valence-corrected chi connectivity index (χ1v) is 9.39. The first-order valence-electron chi connectivity index (χ1n) is 9.39. The molecule has 0 saturated carbocycles. The Kier molecular flexibility index (Phi) is 5.32. The van der Waals surface area contributed by atoms with Crippen molar-refractivity contribution in [2.75, 3.05) is 6.61 Å². The van der Waals surface area contributed by atoms with E-state index in [-0.39, 0.29) is 17.9 Å². The van der Waals surface area contributed by atoms with Crippen LogP contribution in [-0.4, -0.2) is 28.3 Å². The SMILES string of the molecule is C[C@@H](n1ccn(-c2ccc(OC(F)(F)C(F)F)cc2)c1=O)[C@]1(c2ccc(F)cc2F)CO1. The van der Waals surface area contributed by atoms with Gasteiger partial charge >= 0.3 is 18.2 Å². The summed E-state index contributed by atoms with van der Waals surface area (Å²) in [6.07, 6.45) is -5.80. The molecule has 3 aromatic rings. The molecule has 4 rings (SSSR count). The third-order valence-corrected chi connectivity index (χ3v) is 5.36. The minimum Gasteiger partial charge on any atom is -0.428 e. The average molecular weight is 458 g/mol. The highest BCUT2D eigenvalue weighted by atomic mass is 19.3. The number of ether oxygens (including phenoxy) is 2. The van der Waals surface area contributed by atoms with Crippen molar-refractivity contribution in [1.29, 1.82) is 0 Å². The van der Waals surface area contributed by atoms with Crippen LogP contribution in [0.4, 0.5) is 26.3 Å². The van der Waals surface area contributed by atoms with Crippen LogP contribution in [0.5, 0.6) is 5.75 Å². The fraction of sp³-hybridized carbons (Fsp3) is 0.286. The van der Waals surface area contributed by atoms with Crippen molar-refractivity contribution in [2.45, 2.75) is 31.1 Å². The van der Waals surface area contributed by atoms with Crippen LogP contribution in [0.2, 0.25) is 0 Å². The van der Waals surface area contributed by atoms with E-state index in [0.717, 1.165) is 24.3 Å². The van der Waals surface area contributed by atoms with Crippen molar-refractivity contribution in [1.82, 2.24) is 9.13 Å². The van der Waals surface area contributed by atoms with Gasteiger partial charge in [0.05, 0.1) is 18.3 Å². The van der Waals surface area contributed by atoms with Gasteiger partial charge < -0.3 is 9.47 Å². The van der Waals surface area contributed by atoms with E-state index < -0.39 is 47.3 Å². The van der Waals surface area contributed by atoms with E-state index >= 15 is 0 Å². The average Bonchev–Trinajstić information content (AvgIpc) is 3.44. The van der Waals surface area contributed by atoms with E-state index in [1.807, 2.05) is 0 Å². The zero-order chi connectivity index (χ0) is 23.3. The van der Waals surface area contributed by atoms with Crippen molar-refractivity contribution >= 4 is 0 Å². The predicted octanol–water partition coefficient (Wildman–Crippen LogP) is 4.64. The zero-order valence-electron chi connectivity index (χ0n) is 16.4. The van der Waals surface area contributed by atoms with Crippen molar-refractivity contribution < 1.29 is 35.8 Å². The Bertz CT molecular complexity index is 1180. The van der Waals surface area contributed by atoms with Gasteiger partial charge in [-0.25, -0.2) is 13.6 Å². The molecule has 1 saturated heterocycles. The number of hydrogen-bond donors (Lipinski definition) is 0. The Morgan fingerprint density at radius 2 is 1.75 bits per heavy atom. The molecule has 1 fully saturated rings. The summed E-state index contributed by atoms with van der Waals surface area (Å²) < 4.78 is 90.1. The maximum absolute atomic E-state index is 14.3. The summed E-state index contributed by atoms with van der Waals surface area (Å²) in [4.78, 5) is 12.9. The normalized spacial score (nSPS) is 19.2. The molecule has 0 amide bonds. The van der Waals surface area contributed by atoms with Gasteiger partial charge in [-0.3, -0.25) is 9.13 Å². The van der Waals surface area contributed by atoms with Gasteiger partial charge in [-0.05, 0) is 37.3 Å². The molecule has 1 aliphatic heterocycles. The zero-order valence-corrected chi connectivity index (χ0v) is 16.4. The van der Waals surface area contributed by atoms with Gasteiger partial charge in [0.1, 0.15) is 23.0 Å². The molecule has 11 heteroatoms. The number of rotatable bonds is 7. The minimum atomic E-state index is -4.65. The topological polar surface area (TPSA) is 48.7 Å². The number of hydrogen-bond acceptors (Lipinski definition) is 3. The Balaban J connectivity index is 1.59. The van der Waals surface area contributed by atoms with Crippen molar-refractivity contribution in [2.24, 2.45) is 0 Å². The molecule has 0 unspecified atom stereocenters.